The van der Waals surface area contributed by atoms with Gasteiger partial charge in [0.1, 0.15) is 18.2 Å². The number of fused-ring (bicyclic) bond motifs is 1. The Hall–Kier alpha value is -1.77. The topological polar surface area (TPSA) is 136 Å². The summed E-state index contributed by atoms with van der Waals surface area (Å²) in [6.07, 6.45) is 1.41. The van der Waals surface area contributed by atoms with Crippen LogP contribution in [0.3, 0.4) is 0 Å². The third-order valence-electron chi connectivity index (χ3n) is 3.43. The van der Waals surface area contributed by atoms with Gasteiger partial charge in [-0.25, -0.2) is 14.6 Å². The Labute approximate surface area is 102 Å². The third kappa shape index (κ3) is 1.47. The fraction of sp³-hybridized carbons (Fsp3) is 0.500. The molecule has 0 amide bonds. The average molecular weight is 250 g/mol. The van der Waals surface area contributed by atoms with Crippen LogP contribution in [-0.4, -0.2) is 48.2 Å². The van der Waals surface area contributed by atoms with E-state index in [1.54, 1.807) is 10.9 Å². The molecule has 8 heteroatoms. The van der Waals surface area contributed by atoms with Crippen molar-refractivity contribution in [1.29, 1.82) is 0 Å². The Morgan fingerprint density at radius 2 is 2.06 bits per heavy atom. The molecular formula is C10H14N6O2. The highest BCUT2D eigenvalue weighted by Gasteiger charge is 2.41. The minimum atomic E-state index is -0.959. The van der Waals surface area contributed by atoms with E-state index >= 15 is 0 Å². The monoisotopic (exact) mass is 250 g/mol. The van der Waals surface area contributed by atoms with Gasteiger partial charge in [0.05, 0.1) is 23.7 Å². The maximum absolute atomic E-state index is 9.96. The van der Waals surface area contributed by atoms with Gasteiger partial charge in [-0.05, 0) is 6.42 Å². The third-order valence-corrected chi connectivity index (χ3v) is 3.43. The SMILES string of the molecule is Nc1ncnc2c1cnn2[C@@H]1C[C@H](N)[C@H](O)[C@@H]1O. The summed E-state index contributed by atoms with van der Waals surface area (Å²) in [5.74, 6) is 0.337. The van der Waals surface area contributed by atoms with E-state index in [1.807, 2.05) is 0 Å². The van der Waals surface area contributed by atoms with Crippen LogP contribution >= 0.6 is 0 Å². The normalized spacial score (nSPS) is 32.2. The molecule has 2 aromatic rings. The Bertz CT molecular complexity index is 585. The number of nitrogens with two attached hydrogens (primary N) is 2. The molecule has 4 atom stereocenters. The number of aromatic nitrogens is 4. The summed E-state index contributed by atoms with van der Waals surface area (Å²) in [7, 11) is 0. The van der Waals surface area contributed by atoms with E-state index in [9.17, 15) is 10.2 Å². The molecule has 18 heavy (non-hydrogen) atoms. The molecule has 1 aliphatic carbocycles. The largest absolute Gasteiger partial charge is 0.389 e. The summed E-state index contributed by atoms with van der Waals surface area (Å²) in [5, 5.41) is 24.4. The van der Waals surface area contributed by atoms with Crippen molar-refractivity contribution >= 4 is 16.9 Å². The number of anilines is 1. The summed E-state index contributed by atoms with van der Waals surface area (Å²) in [6.45, 7) is 0. The molecule has 0 bridgehead atoms. The average Bonchev–Trinajstić information content (AvgIpc) is 2.88. The van der Waals surface area contributed by atoms with Crippen molar-refractivity contribution < 1.29 is 10.2 Å². The molecule has 1 fully saturated rings. The highest BCUT2D eigenvalue weighted by atomic mass is 16.3. The summed E-state index contributed by atoms with van der Waals surface area (Å²) in [5.41, 5.74) is 12.0. The first-order valence-corrected chi connectivity index (χ1v) is 5.65. The number of nitrogen functional groups attached to an aromatic ring is 1. The molecule has 0 spiro atoms. The molecule has 0 aliphatic heterocycles. The van der Waals surface area contributed by atoms with Gasteiger partial charge in [0.15, 0.2) is 5.65 Å². The smallest absolute Gasteiger partial charge is 0.163 e. The first kappa shape index (κ1) is 11.3. The Morgan fingerprint density at radius 3 is 2.72 bits per heavy atom. The van der Waals surface area contributed by atoms with Gasteiger partial charge < -0.3 is 21.7 Å². The van der Waals surface area contributed by atoms with Crippen molar-refractivity contribution in [1.82, 2.24) is 19.7 Å². The number of hydrogen-bond acceptors (Lipinski definition) is 7. The molecule has 0 radical (unpaired) electrons. The summed E-state index contributed by atoms with van der Waals surface area (Å²) in [6, 6.07) is -0.870. The van der Waals surface area contributed by atoms with Crippen LogP contribution in [0.1, 0.15) is 12.5 Å². The molecule has 1 aliphatic rings. The molecule has 0 saturated heterocycles. The molecule has 3 rings (SSSR count). The van der Waals surface area contributed by atoms with Crippen LogP contribution < -0.4 is 11.5 Å². The molecular weight excluding hydrogens is 236 g/mol. The quantitative estimate of drug-likeness (QED) is 0.478. The van der Waals surface area contributed by atoms with Gasteiger partial charge in [0, 0.05) is 6.04 Å². The van der Waals surface area contributed by atoms with Gasteiger partial charge in [-0.2, -0.15) is 5.10 Å². The second kappa shape index (κ2) is 3.87. The molecule has 0 unspecified atom stereocenters. The minimum Gasteiger partial charge on any atom is -0.389 e. The highest BCUT2D eigenvalue weighted by Crippen LogP contribution is 2.32. The molecule has 6 N–H and O–H groups in total. The lowest BCUT2D eigenvalue weighted by atomic mass is 10.2. The maximum Gasteiger partial charge on any atom is 0.163 e. The predicted molar refractivity (Wildman–Crippen MR) is 63.4 cm³/mol. The van der Waals surface area contributed by atoms with E-state index in [0.717, 1.165) is 0 Å². The lowest BCUT2D eigenvalue weighted by Crippen LogP contribution is -2.36. The van der Waals surface area contributed by atoms with Crippen LogP contribution in [0.2, 0.25) is 0 Å². The van der Waals surface area contributed by atoms with Gasteiger partial charge in [-0.15, -0.1) is 0 Å². The summed E-state index contributed by atoms with van der Waals surface area (Å²) < 4.78 is 1.55. The zero-order valence-electron chi connectivity index (χ0n) is 9.51. The van der Waals surface area contributed by atoms with Gasteiger partial charge in [0.2, 0.25) is 0 Å². The Morgan fingerprint density at radius 1 is 1.28 bits per heavy atom. The lowest BCUT2D eigenvalue weighted by Gasteiger charge is -2.17. The van der Waals surface area contributed by atoms with Crippen molar-refractivity contribution in [2.24, 2.45) is 5.73 Å². The van der Waals surface area contributed by atoms with Crippen molar-refractivity contribution in [2.45, 2.75) is 30.7 Å². The second-order valence-corrected chi connectivity index (χ2v) is 4.53. The zero-order valence-corrected chi connectivity index (χ0v) is 9.51. The van der Waals surface area contributed by atoms with Crippen molar-refractivity contribution in [2.75, 3.05) is 5.73 Å². The van der Waals surface area contributed by atoms with Crippen LogP contribution in [0, 0.1) is 0 Å². The molecule has 96 valence electrons. The number of rotatable bonds is 1. The molecule has 0 aromatic carbocycles. The van der Waals surface area contributed by atoms with Gasteiger partial charge in [0.25, 0.3) is 0 Å². The van der Waals surface area contributed by atoms with Crippen LogP contribution in [-0.2, 0) is 0 Å². The number of aliphatic hydroxyl groups excluding tert-OH is 2. The second-order valence-electron chi connectivity index (χ2n) is 4.53. The van der Waals surface area contributed by atoms with E-state index in [4.69, 9.17) is 11.5 Å². The first-order chi connectivity index (χ1) is 8.59. The van der Waals surface area contributed by atoms with E-state index < -0.39 is 24.3 Å². The molecule has 8 nitrogen and oxygen atoms in total. The van der Waals surface area contributed by atoms with Crippen molar-refractivity contribution in [3.63, 3.8) is 0 Å². The van der Waals surface area contributed by atoms with Gasteiger partial charge in [-0.1, -0.05) is 0 Å². The van der Waals surface area contributed by atoms with Crippen molar-refractivity contribution in [3.8, 4) is 0 Å². The number of aliphatic hydroxyl groups is 2. The maximum atomic E-state index is 9.96. The fourth-order valence-electron chi connectivity index (χ4n) is 2.41. The molecule has 2 aromatic heterocycles. The van der Waals surface area contributed by atoms with Crippen molar-refractivity contribution in [3.05, 3.63) is 12.5 Å². The minimum absolute atomic E-state index is 0.337. The lowest BCUT2D eigenvalue weighted by molar-refractivity contribution is 0.0167. The zero-order chi connectivity index (χ0) is 12.9. The van der Waals surface area contributed by atoms with Crippen LogP contribution in [0.4, 0.5) is 5.82 Å². The standard InChI is InChI=1S/C10H14N6O2/c11-5-1-6(8(18)7(5)17)16-10-4(2-15-16)9(12)13-3-14-10/h2-3,5-8,17-18H,1,11H2,(H2,12,13,14)/t5-,6+,7-,8+/m0/s1. The first-order valence-electron chi connectivity index (χ1n) is 5.65. The van der Waals surface area contributed by atoms with E-state index in [1.165, 1.54) is 6.33 Å². The van der Waals surface area contributed by atoms with Gasteiger partial charge >= 0.3 is 0 Å². The number of nitrogens with zero attached hydrogens (tertiary/aromatic N) is 4. The van der Waals surface area contributed by atoms with Crippen LogP contribution in [0.15, 0.2) is 12.5 Å². The fourth-order valence-corrected chi connectivity index (χ4v) is 2.41. The predicted octanol–water partition coefficient (Wildman–Crippen LogP) is -1.60. The van der Waals surface area contributed by atoms with Crippen LogP contribution in [0.5, 0.6) is 0 Å². The Balaban J connectivity index is 2.08. The summed E-state index contributed by atoms with van der Waals surface area (Å²) >= 11 is 0. The van der Waals surface area contributed by atoms with E-state index in [0.29, 0.717) is 23.3 Å². The van der Waals surface area contributed by atoms with Crippen LogP contribution in [0.25, 0.3) is 11.0 Å². The highest BCUT2D eigenvalue weighted by molar-refractivity contribution is 5.84. The summed E-state index contributed by atoms with van der Waals surface area (Å²) in [4.78, 5) is 7.98. The molecule has 1 saturated carbocycles. The Kier molecular flexibility index (Phi) is 2.44. The number of hydrogen-bond donors (Lipinski definition) is 4. The van der Waals surface area contributed by atoms with Gasteiger partial charge in [-0.3, -0.25) is 0 Å². The molecule has 2 heterocycles. The van der Waals surface area contributed by atoms with E-state index in [2.05, 4.69) is 15.1 Å². The van der Waals surface area contributed by atoms with E-state index in [-0.39, 0.29) is 0 Å².